The largest absolute Gasteiger partial charge is 0.471 e. The molecule has 19 heavy (non-hydrogen) atoms. The van der Waals surface area contributed by atoms with Crippen LogP contribution in [0.25, 0.3) is 0 Å². The molecule has 1 aliphatic carbocycles. The van der Waals surface area contributed by atoms with Gasteiger partial charge < -0.3 is 4.74 Å². The van der Waals surface area contributed by atoms with Gasteiger partial charge in [0.15, 0.2) is 5.90 Å². The average Bonchev–Trinajstić information content (AvgIpc) is 2.45. The summed E-state index contributed by atoms with van der Waals surface area (Å²) in [5, 5.41) is 0. The summed E-state index contributed by atoms with van der Waals surface area (Å²) in [7, 11) is 0. The lowest BCUT2D eigenvalue weighted by atomic mass is 9.77. The van der Waals surface area contributed by atoms with Crippen LogP contribution in [0.15, 0.2) is 35.3 Å². The summed E-state index contributed by atoms with van der Waals surface area (Å²) >= 11 is 0. The van der Waals surface area contributed by atoms with Gasteiger partial charge in [0.25, 0.3) is 0 Å². The van der Waals surface area contributed by atoms with Crippen LogP contribution < -0.4 is 0 Å². The summed E-state index contributed by atoms with van der Waals surface area (Å²) in [6.07, 6.45) is 6.65. The molecule has 1 aromatic carbocycles. The zero-order chi connectivity index (χ0) is 13.3. The Balaban J connectivity index is 1.72. The first-order chi connectivity index (χ1) is 9.18. The van der Waals surface area contributed by atoms with Crippen molar-refractivity contribution in [3.63, 3.8) is 0 Å². The summed E-state index contributed by atoms with van der Waals surface area (Å²) in [5.41, 5.74) is 1.30. The van der Waals surface area contributed by atoms with Crippen LogP contribution in [-0.2, 0) is 4.74 Å². The quantitative estimate of drug-likeness (QED) is 0.763. The number of hydrogen-bond acceptors (Lipinski definition) is 2. The second-order valence-electron chi connectivity index (χ2n) is 6.36. The van der Waals surface area contributed by atoms with Crippen LogP contribution in [0.5, 0.6) is 0 Å². The maximum Gasteiger partial charge on any atom is 0.194 e. The molecule has 0 spiro atoms. The molecule has 2 aliphatic rings. The SMILES string of the molecule is CC1(C)C(=NC2CCCCC2)OC1c1ccccc1. The number of benzene rings is 1. The van der Waals surface area contributed by atoms with Gasteiger partial charge in [0.05, 0.1) is 11.5 Å². The molecular formula is C17H23NO. The lowest BCUT2D eigenvalue weighted by molar-refractivity contribution is -0.00141. The first kappa shape index (κ1) is 12.7. The van der Waals surface area contributed by atoms with Gasteiger partial charge in [-0.25, -0.2) is 0 Å². The highest BCUT2D eigenvalue weighted by Gasteiger charge is 2.49. The van der Waals surface area contributed by atoms with E-state index < -0.39 is 0 Å². The van der Waals surface area contributed by atoms with Gasteiger partial charge in [0, 0.05) is 0 Å². The molecule has 1 saturated carbocycles. The van der Waals surface area contributed by atoms with Crippen LogP contribution in [0, 0.1) is 5.41 Å². The summed E-state index contributed by atoms with van der Waals surface area (Å²) in [6, 6.07) is 11.0. The fourth-order valence-electron chi connectivity index (χ4n) is 3.15. The molecule has 2 fully saturated rings. The molecule has 1 heterocycles. The second kappa shape index (κ2) is 4.99. The van der Waals surface area contributed by atoms with Crippen molar-refractivity contribution in [2.75, 3.05) is 0 Å². The summed E-state index contributed by atoms with van der Waals surface area (Å²) < 4.78 is 5.99. The van der Waals surface area contributed by atoms with E-state index >= 15 is 0 Å². The number of hydrogen-bond donors (Lipinski definition) is 0. The fraction of sp³-hybridized carbons (Fsp3) is 0.588. The van der Waals surface area contributed by atoms with Crippen molar-refractivity contribution in [3.8, 4) is 0 Å². The maximum absolute atomic E-state index is 5.99. The predicted octanol–water partition coefficient (Wildman–Crippen LogP) is 4.52. The molecule has 3 rings (SSSR count). The molecule has 0 radical (unpaired) electrons. The zero-order valence-electron chi connectivity index (χ0n) is 11.9. The van der Waals surface area contributed by atoms with Crippen LogP contribution in [0.1, 0.15) is 57.6 Å². The van der Waals surface area contributed by atoms with Crippen molar-refractivity contribution in [2.24, 2.45) is 10.4 Å². The van der Waals surface area contributed by atoms with Crippen molar-refractivity contribution in [1.29, 1.82) is 0 Å². The zero-order valence-corrected chi connectivity index (χ0v) is 11.9. The van der Waals surface area contributed by atoms with E-state index in [1.54, 1.807) is 0 Å². The van der Waals surface area contributed by atoms with E-state index in [0.717, 1.165) is 5.90 Å². The third kappa shape index (κ3) is 2.41. The van der Waals surface area contributed by atoms with Gasteiger partial charge in [-0.15, -0.1) is 0 Å². The molecule has 102 valence electrons. The Hall–Kier alpha value is -1.31. The number of ether oxygens (including phenoxy) is 1. The molecule has 1 saturated heterocycles. The van der Waals surface area contributed by atoms with Gasteiger partial charge in [0.1, 0.15) is 6.10 Å². The van der Waals surface area contributed by atoms with Crippen molar-refractivity contribution in [2.45, 2.75) is 58.1 Å². The molecular weight excluding hydrogens is 234 g/mol. The molecule has 0 amide bonds. The van der Waals surface area contributed by atoms with E-state index in [1.165, 1.54) is 37.7 Å². The van der Waals surface area contributed by atoms with Gasteiger partial charge in [-0.1, -0.05) is 49.6 Å². The Morgan fingerprint density at radius 2 is 1.74 bits per heavy atom. The lowest BCUT2D eigenvalue weighted by Crippen LogP contribution is -2.47. The lowest BCUT2D eigenvalue weighted by Gasteiger charge is -2.46. The van der Waals surface area contributed by atoms with Gasteiger partial charge in [-0.2, -0.15) is 0 Å². The van der Waals surface area contributed by atoms with Crippen LogP contribution >= 0.6 is 0 Å². The molecule has 1 atom stereocenters. The number of rotatable bonds is 2. The Morgan fingerprint density at radius 3 is 2.37 bits per heavy atom. The monoisotopic (exact) mass is 257 g/mol. The minimum Gasteiger partial charge on any atom is -0.471 e. The fourth-order valence-corrected chi connectivity index (χ4v) is 3.15. The van der Waals surface area contributed by atoms with Crippen LogP contribution in [0.3, 0.4) is 0 Å². The van der Waals surface area contributed by atoms with E-state index in [0.29, 0.717) is 6.04 Å². The number of aliphatic imine (C=N–C) groups is 1. The third-order valence-electron chi connectivity index (χ3n) is 4.41. The van der Waals surface area contributed by atoms with E-state index in [-0.39, 0.29) is 11.5 Å². The second-order valence-corrected chi connectivity index (χ2v) is 6.36. The maximum atomic E-state index is 5.99. The van der Waals surface area contributed by atoms with Crippen molar-refractivity contribution < 1.29 is 4.74 Å². The first-order valence-corrected chi connectivity index (χ1v) is 7.48. The van der Waals surface area contributed by atoms with Crippen molar-refractivity contribution in [1.82, 2.24) is 0 Å². The standard InChI is InChI=1S/C17H23NO/c1-17(2)15(13-9-5-3-6-10-13)19-16(17)18-14-11-7-4-8-12-14/h3,5-6,9-10,14-15H,4,7-8,11-12H2,1-2H3. The molecule has 0 aromatic heterocycles. The predicted molar refractivity (Wildman–Crippen MR) is 78.4 cm³/mol. The van der Waals surface area contributed by atoms with Gasteiger partial charge in [-0.3, -0.25) is 4.99 Å². The van der Waals surface area contributed by atoms with Gasteiger partial charge >= 0.3 is 0 Å². The number of nitrogens with zero attached hydrogens (tertiary/aromatic N) is 1. The molecule has 0 N–H and O–H groups in total. The smallest absolute Gasteiger partial charge is 0.194 e. The van der Waals surface area contributed by atoms with Gasteiger partial charge in [0.2, 0.25) is 0 Å². The molecule has 1 aliphatic heterocycles. The highest BCUT2D eigenvalue weighted by atomic mass is 16.5. The van der Waals surface area contributed by atoms with Crippen LogP contribution in [-0.4, -0.2) is 11.9 Å². The molecule has 2 nitrogen and oxygen atoms in total. The summed E-state index contributed by atoms with van der Waals surface area (Å²) in [6.45, 7) is 4.49. The molecule has 0 bridgehead atoms. The Morgan fingerprint density at radius 1 is 1.05 bits per heavy atom. The van der Waals surface area contributed by atoms with Crippen molar-refractivity contribution >= 4 is 5.90 Å². The Kier molecular flexibility index (Phi) is 3.34. The molecule has 1 unspecified atom stereocenters. The highest BCUT2D eigenvalue weighted by molar-refractivity contribution is 5.88. The molecule has 1 aromatic rings. The highest BCUT2D eigenvalue weighted by Crippen LogP contribution is 2.48. The van der Waals surface area contributed by atoms with Crippen LogP contribution in [0.2, 0.25) is 0 Å². The van der Waals surface area contributed by atoms with E-state index in [9.17, 15) is 0 Å². The topological polar surface area (TPSA) is 21.6 Å². The Bertz CT molecular complexity index is 457. The van der Waals surface area contributed by atoms with Crippen LogP contribution in [0.4, 0.5) is 0 Å². The Labute approximate surface area is 115 Å². The van der Waals surface area contributed by atoms with E-state index in [4.69, 9.17) is 9.73 Å². The first-order valence-electron chi connectivity index (χ1n) is 7.48. The summed E-state index contributed by atoms with van der Waals surface area (Å²) in [4.78, 5) is 4.86. The van der Waals surface area contributed by atoms with Crippen molar-refractivity contribution in [3.05, 3.63) is 35.9 Å². The minimum absolute atomic E-state index is 0.0405. The average molecular weight is 257 g/mol. The summed E-state index contributed by atoms with van der Waals surface area (Å²) in [5.74, 6) is 0.966. The van der Waals surface area contributed by atoms with E-state index in [2.05, 4.69) is 38.1 Å². The van der Waals surface area contributed by atoms with Gasteiger partial charge in [-0.05, 0) is 32.3 Å². The molecule has 2 heteroatoms. The van der Waals surface area contributed by atoms with E-state index in [1.807, 2.05) is 6.07 Å². The minimum atomic E-state index is 0.0405. The normalized spacial score (nSPS) is 28.7. The third-order valence-corrected chi connectivity index (χ3v) is 4.41.